The van der Waals surface area contributed by atoms with E-state index in [1.54, 1.807) is 28.6 Å². The van der Waals surface area contributed by atoms with E-state index in [2.05, 4.69) is 10.1 Å². The third-order valence-electron chi connectivity index (χ3n) is 5.88. The summed E-state index contributed by atoms with van der Waals surface area (Å²) in [6.45, 7) is 4.99. The van der Waals surface area contributed by atoms with Gasteiger partial charge in [-0.1, -0.05) is 49.2 Å². The van der Waals surface area contributed by atoms with E-state index < -0.39 is 10.0 Å². The Labute approximate surface area is 165 Å². The van der Waals surface area contributed by atoms with Gasteiger partial charge < -0.3 is 4.52 Å². The van der Waals surface area contributed by atoms with Crippen molar-refractivity contribution >= 4 is 21.6 Å². The molecular formula is C19H24ClN3O3S. The highest BCUT2D eigenvalue weighted by atomic mass is 35.5. The highest BCUT2D eigenvalue weighted by Crippen LogP contribution is 2.50. The number of benzene rings is 1. The lowest BCUT2D eigenvalue weighted by atomic mass is 9.80. The van der Waals surface area contributed by atoms with Crippen molar-refractivity contribution in [1.29, 1.82) is 0 Å². The van der Waals surface area contributed by atoms with Gasteiger partial charge in [-0.05, 0) is 36.5 Å². The van der Waals surface area contributed by atoms with E-state index in [4.69, 9.17) is 16.1 Å². The second-order valence-electron chi connectivity index (χ2n) is 8.03. The predicted octanol–water partition coefficient (Wildman–Crippen LogP) is 3.73. The van der Waals surface area contributed by atoms with Crippen LogP contribution in [0.3, 0.4) is 0 Å². The summed E-state index contributed by atoms with van der Waals surface area (Å²) in [5.41, 5.74) is 0.427. The second-order valence-corrected chi connectivity index (χ2v) is 10.4. The summed E-state index contributed by atoms with van der Waals surface area (Å²) in [4.78, 5) is 4.62. The Morgan fingerprint density at radius 1 is 1.33 bits per heavy atom. The third kappa shape index (κ3) is 3.41. The van der Waals surface area contributed by atoms with Crippen LogP contribution in [0.25, 0.3) is 0 Å². The zero-order valence-electron chi connectivity index (χ0n) is 15.6. The van der Waals surface area contributed by atoms with Crippen LogP contribution < -0.4 is 0 Å². The molecule has 2 aliphatic rings. The van der Waals surface area contributed by atoms with E-state index in [9.17, 15) is 8.42 Å². The molecule has 146 valence electrons. The number of aromatic nitrogens is 2. The molecule has 1 saturated heterocycles. The van der Waals surface area contributed by atoms with Crippen molar-refractivity contribution in [3.8, 4) is 0 Å². The van der Waals surface area contributed by atoms with E-state index in [1.807, 2.05) is 13.8 Å². The molecule has 0 bridgehead atoms. The summed E-state index contributed by atoms with van der Waals surface area (Å²) in [6, 6.07) is 6.97. The maximum absolute atomic E-state index is 13.0. The van der Waals surface area contributed by atoms with Crippen molar-refractivity contribution in [2.24, 2.45) is 5.92 Å². The van der Waals surface area contributed by atoms with Crippen molar-refractivity contribution in [2.75, 3.05) is 13.1 Å². The van der Waals surface area contributed by atoms with Gasteiger partial charge in [-0.3, -0.25) is 0 Å². The predicted molar refractivity (Wildman–Crippen MR) is 103 cm³/mol. The Kier molecular flexibility index (Phi) is 4.81. The van der Waals surface area contributed by atoms with Gasteiger partial charge in [0.2, 0.25) is 15.9 Å². The van der Waals surface area contributed by atoms with Crippen LogP contribution in [0.15, 0.2) is 28.8 Å². The Balaban J connectivity index is 1.58. The largest absolute Gasteiger partial charge is 0.339 e. The first-order valence-corrected chi connectivity index (χ1v) is 11.4. The van der Waals surface area contributed by atoms with Crippen LogP contribution in [-0.2, 0) is 21.2 Å². The minimum Gasteiger partial charge on any atom is -0.339 e. The van der Waals surface area contributed by atoms with Gasteiger partial charge in [-0.25, -0.2) is 12.7 Å². The molecule has 0 spiro atoms. The van der Waals surface area contributed by atoms with Gasteiger partial charge in [-0.2, -0.15) is 4.98 Å². The highest BCUT2D eigenvalue weighted by molar-refractivity contribution is 7.88. The molecule has 0 amide bonds. The Hall–Kier alpha value is -1.44. The average Bonchev–Trinajstić information content (AvgIpc) is 3.30. The number of hydrogen-bond donors (Lipinski definition) is 0. The van der Waals surface area contributed by atoms with Crippen molar-refractivity contribution in [1.82, 2.24) is 14.4 Å². The first-order chi connectivity index (χ1) is 12.8. The molecule has 8 heteroatoms. The van der Waals surface area contributed by atoms with Gasteiger partial charge >= 0.3 is 0 Å². The number of halogens is 1. The smallest absolute Gasteiger partial charge is 0.229 e. The molecule has 1 aliphatic carbocycles. The quantitative estimate of drug-likeness (QED) is 0.751. The van der Waals surface area contributed by atoms with Crippen LogP contribution in [0.5, 0.6) is 0 Å². The van der Waals surface area contributed by atoms with E-state index >= 15 is 0 Å². The molecule has 6 nitrogen and oxygen atoms in total. The zero-order valence-corrected chi connectivity index (χ0v) is 17.1. The summed E-state index contributed by atoms with van der Waals surface area (Å²) in [6.07, 6.45) is 2.97. The third-order valence-corrected chi connectivity index (χ3v) is 7.89. The molecule has 1 aliphatic heterocycles. The Morgan fingerprint density at radius 2 is 2.07 bits per heavy atom. The molecule has 27 heavy (non-hydrogen) atoms. The molecule has 2 heterocycles. The molecular weight excluding hydrogens is 386 g/mol. The van der Waals surface area contributed by atoms with Crippen LogP contribution in [0.4, 0.5) is 0 Å². The van der Waals surface area contributed by atoms with E-state index in [0.717, 1.165) is 24.8 Å². The summed E-state index contributed by atoms with van der Waals surface area (Å²) >= 11 is 5.90. The van der Waals surface area contributed by atoms with E-state index in [1.165, 1.54) is 0 Å². The highest BCUT2D eigenvalue weighted by Gasteiger charge is 2.55. The maximum Gasteiger partial charge on any atom is 0.229 e. The fraction of sp³-hybridized carbons (Fsp3) is 0.579. The minimum atomic E-state index is -3.42. The van der Waals surface area contributed by atoms with Crippen LogP contribution in [0, 0.1) is 5.92 Å². The summed E-state index contributed by atoms with van der Waals surface area (Å²) in [5, 5.41) is 4.84. The molecule has 0 radical (unpaired) electrons. The second kappa shape index (κ2) is 6.87. The molecule has 2 atom stereocenters. The molecule has 4 rings (SSSR count). The molecule has 1 aromatic heterocycles. The summed E-state index contributed by atoms with van der Waals surface area (Å²) in [7, 11) is -3.42. The molecule has 0 N–H and O–H groups in total. The van der Waals surface area contributed by atoms with Crippen molar-refractivity contribution in [2.45, 2.75) is 50.2 Å². The first kappa shape index (κ1) is 18.9. The van der Waals surface area contributed by atoms with Crippen LogP contribution in [-0.4, -0.2) is 36.0 Å². The topological polar surface area (TPSA) is 76.3 Å². The Morgan fingerprint density at radius 3 is 2.74 bits per heavy atom. The van der Waals surface area contributed by atoms with Gasteiger partial charge in [0.25, 0.3) is 0 Å². The standard InChI is InChI=1S/C19H24ClN3O3S/c1-13(2)17-21-18(22-26-17)19-9-3-4-15(19)10-23(12-19)27(24,25)11-14-5-7-16(20)8-6-14/h5-8,13,15H,3-4,9-12H2,1-2H3/t15-,19-/m1/s1. The van der Waals surface area contributed by atoms with Crippen molar-refractivity contribution < 1.29 is 12.9 Å². The monoisotopic (exact) mass is 409 g/mol. The fourth-order valence-electron chi connectivity index (χ4n) is 4.38. The van der Waals surface area contributed by atoms with Crippen LogP contribution in [0.2, 0.25) is 5.02 Å². The van der Waals surface area contributed by atoms with Crippen molar-refractivity contribution in [3.05, 3.63) is 46.6 Å². The van der Waals surface area contributed by atoms with E-state index in [-0.39, 0.29) is 23.0 Å². The molecule has 0 unspecified atom stereocenters. The van der Waals surface area contributed by atoms with Crippen molar-refractivity contribution in [3.63, 3.8) is 0 Å². The van der Waals surface area contributed by atoms with Crippen LogP contribution >= 0.6 is 11.6 Å². The van der Waals surface area contributed by atoms with Gasteiger partial charge in [0, 0.05) is 24.0 Å². The number of hydrogen-bond acceptors (Lipinski definition) is 5. The number of nitrogens with zero attached hydrogens (tertiary/aromatic N) is 3. The van der Waals surface area contributed by atoms with E-state index in [0.29, 0.717) is 29.8 Å². The molecule has 2 aromatic rings. The number of rotatable bonds is 5. The zero-order chi connectivity index (χ0) is 19.2. The maximum atomic E-state index is 13.0. The molecule has 1 aromatic carbocycles. The first-order valence-electron chi connectivity index (χ1n) is 9.36. The minimum absolute atomic E-state index is 0.0174. The Bertz CT molecular complexity index is 926. The number of fused-ring (bicyclic) bond motifs is 1. The summed E-state index contributed by atoms with van der Waals surface area (Å²) in [5.74, 6) is 1.69. The number of sulfonamides is 1. The molecule has 2 fully saturated rings. The molecule has 1 saturated carbocycles. The fourth-order valence-corrected chi connectivity index (χ4v) is 6.13. The lowest BCUT2D eigenvalue weighted by Gasteiger charge is -2.24. The lowest BCUT2D eigenvalue weighted by Crippen LogP contribution is -2.36. The van der Waals surface area contributed by atoms with Crippen LogP contribution in [0.1, 0.15) is 56.3 Å². The lowest BCUT2D eigenvalue weighted by molar-refractivity contribution is 0.324. The summed E-state index contributed by atoms with van der Waals surface area (Å²) < 4.78 is 33.1. The average molecular weight is 410 g/mol. The normalized spacial score (nSPS) is 26.0. The van der Waals surface area contributed by atoms with Gasteiger partial charge in [-0.15, -0.1) is 0 Å². The van der Waals surface area contributed by atoms with Gasteiger partial charge in [0.15, 0.2) is 5.82 Å². The van der Waals surface area contributed by atoms with Gasteiger partial charge in [0.05, 0.1) is 11.2 Å². The van der Waals surface area contributed by atoms with Gasteiger partial charge in [0.1, 0.15) is 0 Å². The SMILES string of the molecule is CC(C)c1nc([C@@]23CCC[C@@H]2CN(S(=O)(=O)Cc2ccc(Cl)cc2)C3)no1.